The van der Waals surface area contributed by atoms with E-state index in [1.807, 2.05) is 0 Å². The van der Waals surface area contributed by atoms with Crippen LogP contribution < -0.4 is 9.26 Å². The summed E-state index contributed by atoms with van der Waals surface area (Å²) in [6, 6.07) is 4.81. The summed E-state index contributed by atoms with van der Waals surface area (Å²) in [5.74, 6) is 0.367. The first kappa shape index (κ1) is 16.3. The van der Waals surface area contributed by atoms with Crippen molar-refractivity contribution in [2.75, 3.05) is 13.7 Å². The van der Waals surface area contributed by atoms with Crippen molar-refractivity contribution in [3.63, 3.8) is 0 Å². The maximum absolute atomic E-state index is 11.3. The first-order chi connectivity index (χ1) is 9.43. The Labute approximate surface area is 117 Å². The minimum Gasteiger partial charge on any atom is -0.497 e. The van der Waals surface area contributed by atoms with Gasteiger partial charge in [-0.1, -0.05) is 6.58 Å². The summed E-state index contributed by atoms with van der Waals surface area (Å²) < 4.78 is 25.7. The number of ether oxygens (including phenoxy) is 2. The molecule has 1 aromatic rings. The largest absolute Gasteiger partial charge is 0.497 e. The number of carbonyl (C=O) groups is 1. The zero-order valence-electron chi connectivity index (χ0n) is 11.3. The molecule has 0 aromatic heterocycles. The standard InChI is InChI=1S/C13H17O6P/c1-9(2)13(14)18-7-6-10-8-11(17-3)4-5-12(10)19-20(15)16/h4-5,8,20H,1,6-7H2,2-3H3,(H,15,16). The van der Waals surface area contributed by atoms with Gasteiger partial charge < -0.3 is 18.9 Å². The summed E-state index contributed by atoms with van der Waals surface area (Å²) in [5, 5.41) is 0. The smallest absolute Gasteiger partial charge is 0.365 e. The van der Waals surface area contributed by atoms with E-state index in [4.69, 9.17) is 18.9 Å². The molecule has 1 unspecified atom stereocenters. The van der Waals surface area contributed by atoms with Crippen molar-refractivity contribution < 1.29 is 28.3 Å². The highest BCUT2D eigenvalue weighted by Gasteiger charge is 2.10. The van der Waals surface area contributed by atoms with Gasteiger partial charge in [0.05, 0.1) is 13.7 Å². The van der Waals surface area contributed by atoms with Gasteiger partial charge in [-0.15, -0.1) is 0 Å². The highest BCUT2D eigenvalue weighted by Crippen LogP contribution is 2.30. The molecule has 0 fully saturated rings. The Hall–Kier alpha value is -1.78. The molecule has 0 saturated heterocycles. The molecule has 20 heavy (non-hydrogen) atoms. The highest BCUT2D eigenvalue weighted by atomic mass is 31.1. The number of rotatable bonds is 7. The number of benzene rings is 1. The predicted molar refractivity (Wildman–Crippen MR) is 74.3 cm³/mol. The van der Waals surface area contributed by atoms with E-state index in [9.17, 15) is 9.36 Å². The zero-order valence-corrected chi connectivity index (χ0v) is 12.3. The fraction of sp³-hybridized carbons (Fsp3) is 0.308. The summed E-state index contributed by atoms with van der Waals surface area (Å²) in [6.45, 7) is 5.14. The lowest BCUT2D eigenvalue weighted by molar-refractivity contribution is -0.138. The third-order valence-corrected chi connectivity index (χ3v) is 2.81. The Morgan fingerprint density at radius 1 is 1.45 bits per heavy atom. The second-order valence-corrected chi connectivity index (χ2v) is 4.74. The van der Waals surface area contributed by atoms with Gasteiger partial charge >= 0.3 is 14.2 Å². The highest BCUT2D eigenvalue weighted by molar-refractivity contribution is 7.32. The molecule has 0 aliphatic carbocycles. The van der Waals surface area contributed by atoms with Crippen LogP contribution in [0.3, 0.4) is 0 Å². The molecule has 0 spiro atoms. The van der Waals surface area contributed by atoms with Crippen molar-refractivity contribution in [3.8, 4) is 11.5 Å². The molecule has 0 radical (unpaired) electrons. The van der Waals surface area contributed by atoms with E-state index in [1.54, 1.807) is 19.1 Å². The van der Waals surface area contributed by atoms with Crippen LogP contribution in [0.15, 0.2) is 30.4 Å². The topological polar surface area (TPSA) is 82.1 Å². The lowest BCUT2D eigenvalue weighted by Crippen LogP contribution is -2.08. The number of esters is 1. The fourth-order valence-electron chi connectivity index (χ4n) is 1.45. The first-order valence-electron chi connectivity index (χ1n) is 5.84. The normalized spacial score (nSPS) is 11.6. The van der Waals surface area contributed by atoms with Crippen molar-refractivity contribution >= 4 is 14.2 Å². The van der Waals surface area contributed by atoms with Crippen LogP contribution in [0.1, 0.15) is 12.5 Å². The van der Waals surface area contributed by atoms with Gasteiger partial charge in [0.2, 0.25) is 0 Å². The van der Waals surface area contributed by atoms with Crippen LogP contribution >= 0.6 is 8.25 Å². The van der Waals surface area contributed by atoms with Crippen LogP contribution in [-0.2, 0) is 20.5 Å². The maximum Gasteiger partial charge on any atom is 0.365 e. The number of hydrogen-bond acceptors (Lipinski definition) is 5. The number of hydrogen-bond donors (Lipinski definition) is 1. The lowest BCUT2D eigenvalue weighted by Gasteiger charge is -2.11. The van der Waals surface area contributed by atoms with E-state index in [-0.39, 0.29) is 12.4 Å². The van der Waals surface area contributed by atoms with E-state index in [2.05, 4.69) is 6.58 Å². The molecule has 0 aliphatic rings. The Balaban J connectivity index is 2.77. The van der Waals surface area contributed by atoms with Crippen molar-refractivity contribution in [2.24, 2.45) is 0 Å². The van der Waals surface area contributed by atoms with Gasteiger partial charge in [0, 0.05) is 17.6 Å². The van der Waals surface area contributed by atoms with Gasteiger partial charge in [-0.05, 0) is 25.1 Å². The lowest BCUT2D eigenvalue weighted by atomic mass is 10.1. The van der Waals surface area contributed by atoms with Crippen molar-refractivity contribution in [1.82, 2.24) is 0 Å². The summed E-state index contributed by atoms with van der Waals surface area (Å²) in [5.41, 5.74) is 0.929. The van der Waals surface area contributed by atoms with E-state index < -0.39 is 14.2 Å². The summed E-state index contributed by atoms with van der Waals surface area (Å²) in [6.07, 6.45) is 0.334. The number of methoxy groups -OCH3 is 1. The minimum atomic E-state index is -3.09. The van der Waals surface area contributed by atoms with E-state index >= 15 is 0 Å². The molecule has 0 amide bonds. The Morgan fingerprint density at radius 2 is 2.15 bits per heavy atom. The van der Waals surface area contributed by atoms with Gasteiger partial charge in [0.15, 0.2) is 0 Å². The molecular formula is C13H17O6P. The Bertz CT molecular complexity index is 526. The average molecular weight is 300 g/mol. The second kappa shape index (κ2) is 7.72. The van der Waals surface area contributed by atoms with Crippen LogP contribution in [0, 0.1) is 0 Å². The van der Waals surface area contributed by atoms with E-state index in [0.717, 1.165) is 0 Å². The molecule has 0 aliphatic heterocycles. The van der Waals surface area contributed by atoms with Crippen LogP contribution in [0.25, 0.3) is 0 Å². The molecule has 0 bridgehead atoms. The summed E-state index contributed by atoms with van der Waals surface area (Å²) in [4.78, 5) is 20.1. The Kier molecular flexibility index (Phi) is 6.28. The van der Waals surface area contributed by atoms with Gasteiger partial charge in [0.25, 0.3) is 0 Å². The molecule has 1 aromatic carbocycles. The maximum atomic E-state index is 11.3. The average Bonchev–Trinajstić information content (AvgIpc) is 2.39. The van der Waals surface area contributed by atoms with E-state index in [1.165, 1.54) is 13.2 Å². The quantitative estimate of drug-likeness (QED) is 0.472. The fourth-order valence-corrected chi connectivity index (χ4v) is 1.84. The molecule has 1 N–H and O–H groups in total. The van der Waals surface area contributed by atoms with Crippen LogP contribution in [0.4, 0.5) is 0 Å². The van der Waals surface area contributed by atoms with Gasteiger partial charge in [0.1, 0.15) is 11.5 Å². The third-order valence-electron chi connectivity index (χ3n) is 2.42. The van der Waals surface area contributed by atoms with Crippen LogP contribution in [-0.4, -0.2) is 24.6 Å². The predicted octanol–water partition coefficient (Wildman–Crippen LogP) is 2.12. The minimum absolute atomic E-state index is 0.113. The third kappa shape index (κ3) is 5.07. The summed E-state index contributed by atoms with van der Waals surface area (Å²) in [7, 11) is -1.59. The van der Waals surface area contributed by atoms with Crippen molar-refractivity contribution in [2.45, 2.75) is 13.3 Å². The molecule has 0 saturated carbocycles. The van der Waals surface area contributed by atoms with Gasteiger partial charge in [-0.2, -0.15) is 0 Å². The van der Waals surface area contributed by atoms with Crippen LogP contribution in [0.2, 0.25) is 0 Å². The molecule has 110 valence electrons. The molecule has 0 heterocycles. The molecule has 1 rings (SSSR count). The SMILES string of the molecule is C=C(C)C(=O)OCCc1cc(OC)ccc1O[PH](=O)O. The summed E-state index contributed by atoms with van der Waals surface area (Å²) >= 11 is 0. The van der Waals surface area contributed by atoms with Crippen LogP contribution in [0.5, 0.6) is 11.5 Å². The first-order valence-corrected chi connectivity index (χ1v) is 7.10. The van der Waals surface area contributed by atoms with Gasteiger partial charge in [-0.3, -0.25) is 0 Å². The van der Waals surface area contributed by atoms with Gasteiger partial charge in [-0.25, -0.2) is 9.36 Å². The second-order valence-electron chi connectivity index (χ2n) is 4.01. The van der Waals surface area contributed by atoms with E-state index in [0.29, 0.717) is 23.3 Å². The molecule has 6 nitrogen and oxygen atoms in total. The molecule has 7 heteroatoms. The Morgan fingerprint density at radius 3 is 2.70 bits per heavy atom. The van der Waals surface area contributed by atoms with Crippen molar-refractivity contribution in [1.29, 1.82) is 0 Å². The molecular weight excluding hydrogens is 283 g/mol. The zero-order chi connectivity index (χ0) is 15.1. The van der Waals surface area contributed by atoms with Crippen molar-refractivity contribution in [3.05, 3.63) is 35.9 Å². The number of carbonyl (C=O) groups excluding carboxylic acids is 1. The monoisotopic (exact) mass is 300 g/mol. The molecule has 1 atom stereocenters.